The summed E-state index contributed by atoms with van der Waals surface area (Å²) in [6.45, 7) is 3.29. The van der Waals surface area contributed by atoms with Gasteiger partial charge in [-0.2, -0.15) is 0 Å². The Morgan fingerprint density at radius 3 is 1.78 bits per heavy atom. The molecule has 45 heavy (non-hydrogen) atoms. The molecule has 0 fully saturated rings. The maximum Gasteiger partial charge on any atom is 0.469 e. The van der Waals surface area contributed by atoms with E-state index in [-0.39, 0.29) is 19.4 Å². The van der Waals surface area contributed by atoms with Gasteiger partial charge in [-0.15, -0.1) is 0 Å². The predicted octanol–water partition coefficient (Wildman–Crippen LogP) is 9.11. The lowest BCUT2D eigenvalue weighted by molar-refractivity contribution is -0.161. The molecule has 2 N–H and O–H groups in total. The van der Waals surface area contributed by atoms with Crippen molar-refractivity contribution in [3.8, 4) is 0 Å². The SMILES string of the molecule is CC/C=C/C=C/C=C/C=C/C=C/CCCC(=O)OC(COC(=O)CCCCCC/C=C/C/C=C/C/C=C/CC)COP(=O)(O)O. The number of phosphoric ester groups is 1. The smallest absolute Gasteiger partial charge is 0.462 e. The van der Waals surface area contributed by atoms with Gasteiger partial charge in [-0.3, -0.25) is 14.1 Å². The summed E-state index contributed by atoms with van der Waals surface area (Å²) in [4.78, 5) is 42.5. The Morgan fingerprint density at radius 2 is 1.13 bits per heavy atom. The summed E-state index contributed by atoms with van der Waals surface area (Å²) in [5.74, 6) is -1.01. The van der Waals surface area contributed by atoms with Crippen molar-refractivity contribution in [1.82, 2.24) is 0 Å². The maximum atomic E-state index is 12.3. The second kappa shape index (κ2) is 31.0. The van der Waals surface area contributed by atoms with E-state index in [0.29, 0.717) is 19.3 Å². The van der Waals surface area contributed by atoms with Crippen LogP contribution < -0.4 is 0 Å². The number of hydrogen-bond donors (Lipinski definition) is 2. The van der Waals surface area contributed by atoms with Gasteiger partial charge in [0.25, 0.3) is 0 Å². The molecule has 252 valence electrons. The van der Waals surface area contributed by atoms with Crippen molar-refractivity contribution in [2.75, 3.05) is 13.2 Å². The van der Waals surface area contributed by atoms with Crippen LogP contribution in [0.5, 0.6) is 0 Å². The van der Waals surface area contributed by atoms with E-state index in [2.05, 4.69) is 60.9 Å². The predicted molar refractivity (Wildman–Crippen MR) is 183 cm³/mol. The number of hydrogen-bond acceptors (Lipinski definition) is 6. The molecule has 1 atom stereocenters. The van der Waals surface area contributed by atoms with Crippen LogP contribution in [0.25, 0.3) is 0 Å². The highest BCUT2D eigenvalue weighted by atomic mass is 31.2. The number of phosphoric acid groups is 1. The zero-order chi connectivity index (χ0) is 33.3. The fourth-order valence-electron chi connectivity index (χ4n) is 3.65. The van der Waals surface area contributed by atoms with E-state index >= 15 is 0 Å². The van der Waals surface area contributed by atoms with Crippen LogP contribution in [0.1, 0.15) is 97.3 Å². The first-order chi connectivity index (χ1) is 21.8. The third kappa shape index (κ3) is 33.7. The average Bonchev–Trinajstić information content (AvgIpc) is 3.00. The molecule has 1 unspecified atom stereocenters. The lowest BCUT2D eigenvalue weighted by atomic mass is 10.1. The van der Waals surface area contributed by atoms with Gasteiger partial charge in [0.2, 0.25) is 0 Å². The molecule has 0 saturated carbocycles. The Morgan fingerprint density at radius 1 is 0.600 bits per heavy atom. The molecule has 0 aliphatic carbocycles. The van der Waals surface area contributed by atoms with Crippen LogP contribution in [0.3, 0.4) is 0 Å². The third-order valence-corrected chi connectivity index (χ3v) is 6.46. The number of carbonyl (C=O) groups is 2. The normalized spacial score (nSPS) is 13.8. The van der Waals surface area contributed by atoms with Crippen LogP contribution in [0.2, 0.25) is 0 Å². The topological polar surface area (TPSA) is 119 Å². The fraction of sp³-hybridized carbons (Fsp3) is 0.500. The Hall–Kier alpha value is -3.03. The van der Waals surface area contributed by atoms with E-state index in [9.17, 15) is 14.2 Å². The second-order valence-electron chi connectivity index (χ2n) is 10.1. The molecule has 0 rings (SSSR count). The molecule has 0 spiro atoms. The molecule has 0 aromatic heterocycles. The summed E-state index contributed by atoms with van der Waals surface area (Å²) in [5.41, 5.74) is 0. The summed E-state index contributed by atoms with van der Waals surface area (Å²) >= 11 is 0. The van der Waals surface area contributed by atoms with E-state index in [1.165, 1.54) is 0 Å². The number of allylic oxidation sites excluding steroid dienone is 16. The molecular weight excluding hydrogens is 591 g/mol. The quantitative estimate of drug-likeness (QED) is 0.0298. The van der Waals surface area contributed by atoms with E-state index in [1.54, 1.807) is 0 Å². The van der Waals surface area contributed by atoms with Crippen LogP contribution in [0.15, 0.2) is 97.2 Å². The highest BCUT2D eigenvalue weighted by molar-refractivity contribution is 7.46. The fourth-order valence-corrected chi connectivity index (χ4v) is 4.01. The van der Waals surface area contributed by atoms with Crippen LogP contribution in [0, 0.1) is 0 Å². The molecule has 0 radical (unpaired) electrons. The van der Waals surface area contributed by atoms with E-state index in [4.69, 9.17) is 19.3 Å². The molecular formula is C36H55O8P. The van der Waals surface area contributed by atoms with Gasteiger partial charge in [0.15, 0.2) is 6.10 Å². The largest absolute Gasteiger partial charge is 0.469 e. The van der Waals surface area contributed by atoms with Gasteiger partial charge in [0, 0.05) is 12.8 Å². The summed E-state index contributed by atoms with van der Waals surface area (Å²) in [7, 11) is -4.78. The average molecular weight is 647 g/mol. The first kappa shape index (κ1) is 42.0. The number of rotatable bonds is 27. The van der Waals surface area contributed by atoms with E-state index in [1.807, 2.05) is 54.7 Å². The van der Waals surface area contributed by atoms with Crippen molar-refractivity contribution in [3.63, 3.8) is 0 Å². The van der Waals surface area contributed by atoms with Gasteiger partial charge >= 0.3 is 19.8 Å². The lowest BCUT2D eigenvalue weighted by Gasteiger charge is -2.18. The van der Waals surface area contributed by atoms with Crippen molar-refractivity contribution in [2.45, 2.75) is 103 Å². The van der Waals surface area contributed by atoms with Gasteiger partial charge in [0.05, 0.1) is 6.61 Å². The number of unbranched alkanes of at least 4 members (excludes halogenated alkanes) is 5. The first-order valence-corrected chi connectivity index (χ1v) is 17.6. The molecule has 0 bridgehead atoms. The van der Waals surface area contributed by atoms with Crippen LogP contribution in [-0.2, 0) is 28.2 Å². The van der Waals surface area contributed by atoms with Crippen molar-refractivity contribution in [1.29, 1.82) is 0 Å². The molecule has 0 aliphatic heterocycles. The molecule has 0 aliphatic rings. The van der Waals surface area contributed by atoms with Crippen molar-refractivity contribution in [3.05, 3.63) is 97.2 Å². The minimum absolute atomic E-state index is 0.104. The van der Waals surface area contributed by atoms with E-state index < -0.39 is 32.5 Å². The molecule has 0 aromatic rings. The molecule has 0 heterocycles. The molecule has 9 heteroatoms. The number of esters is 2. The Labute approximate surface area is 271 Å². The molecule has 0 saturated heterocycles. The minimum atomic E-state index is -4.78. The van der Waals surface area contributed by atoms with Crippen LogP contribution in [0.4, 0.5) is 0 Å². The van der Waals surface area contributed by atoms with Crippen LogP contribution >= 0.6 is 7.82 Å². The summed E-state index contributed by atoms with van der Waals surface area (Å²) in [6.07, 6.45) is 41.4. The standard InChI is InChI=1S/C36H55O8P/c1-3-5-7-9-11-13-15-17-19-20-22-24-26-28-30-35(37)42-32-34(33-43-45(39,40)41)44-36(38)31-29-27-25-23-21-18-16-14-12-10-8-6-4-2/h5-8,10-14,16-19,21,23,25,34H,3-4,9,15,20,22,24,26-33H2,1-2H3,(H2,39,40,41)/b7-5+,8-6+,12-10+,13-11+,16-14+,19-17+,21-18+,25-23+. The zero-order valence-electron chi connectivity index (χ0n) is 27.2. The summed E-state index contributed by atoms with van der Waals surface area (Å²) < 4.78 is 26.1. The number of carbonyl (C=O) groups excluding carboxylic acids is 2. The summed E-state index contributed by atoms with van der Waals surface area (Å²) in [5, 5.41) is 0. The van der Waals surface area contributed by atoms with Gasteiger partial charge in [-0.1, -0.05) is 124 Å². The summed E-state index contributed by atoms with van der Waals surface area (Å²) in [6, 6.07) is 0. The Kier molecular flexibility index (Phi) is 28.9. The van der Waals surface area contributed by atoms with Crippen LogP contribution in [-0.4, -0.2) is 41.0 Å². The maximum absolute atomic E-state index is 12.3. The third-order valence-electron chi connectivity index (χ3n) is 5.98. The highest BCUT2D eigenvalue weighted by Crippen LogP contribution is 2.35. The monoisotopic (exact) mass is 646 g/mol. The Balaban J connectivity index is 4.24. The van der Waals surface area contributed by atoms with Crippen molar-refractivity contribution >= 4 is 19.8 Å². The zero-order valence-corrected chi connectivity index (χ0v) is 28.1. The highest BCUT2D eigenvalue weighted by Gasteiger charge is 2.22. The molecule has 0 aromatic carbocycles. The van der Waals surface area contributed by atoms with Gasteiger partial charge in [-0.25, -0.2) is 4.57 Å². The minimum Gasteiger partial charge on any atom is -0.462 e. The molecule has 8 nitrogen and oxygen atoms in total. The van der Waals surface area contributed by atoms with Gasteiger partial charge in [-0.05, 0) is 57.8 Å². The lowest BCUT2D eigenvalue weighted by Crippen LogP contribution is -2.29. The second-order valence-corrected chi connectivity index (χ2v) is 11.4. The molecule has 0 amide bonds. The van der Waals surface area contributed by atoms with E-state index in [0.717, 1.165) is 51.4 Å². The van der Waals surface area contributed by atoms with Gasteiger partial charge < -0.3 is 19.3 Å². The number of ether oxygens (including phenoxy) is 2. The Bertz CT molecular complexity index is 1040. The van der Waals surface area contributed by atoms with Crippen molar-refractivity contribution in [2.24, 2.45) is 0 Å². The van der Waals surface area contributed by atoms with Gasteiger partial charge in [0.1, 0.15) is 6.61 Å². The van der Waals surface area contributed by atoms with Crippen molar-refractivity contribution < 1.29 is 37.9 Å². The first-order valence-electron chi connectivity index (χ1n) is 16.1.